The second-order valence-electron chi connectivity index (χ2n) is 6.75. The van der Waals surface area contributed by atoms with Crippen LogP contribution in [0.5, 0.6) is 5.75 Å². The lowest BCUT2D eigenvalue weighted by Crippen LogP contribution is -2.45. The molecule has 0 fully saturated rings. The van der Waals surface area contributed by atoms with Crippen LogP contribution in [0.2, 0.25) is 0 Å². The van der Waals surface area contributed by atoms with Gasteiger partial charge in [0.15, 0.2) is 0 Å². The quantitative estimate of drug-likeness (QED) is 0.798. The minimum Gasteiger partial charge on any atom is -0.497 e. The van der Waals surface area contributed by atoms with Gasteiger partial charge in [-0.1, -0.05) is 33.8 Å². The predicted octanol–water partition coefficient (Wildman–Crippen LogP) is 1.72. The highest BCUT2D eigenvalue weighted by molar-refractivity contribution is 6.60. The molecule has 0 unspecified atom stereocenters. The van der Waals surface area contributed by atoms with E-state index in [1.807, 2.05) is 6.07 Å². The van der Waals surface area contributed by atoms with Crippen molar-refractivity contribution in [3.63, 3.8) is 0 Å². The van der Waals surface area contributed by atoms with Crippen LogP contribution >= 0.6 is 0 Å². The zero-order valence-electron chi connectivity index (χ0n) is 12.4. The number of hydrogen-bond donors (Lipinski definition) is 2. The van der Waals surface area contributed by atoms with E-state index in [2.05, 4.69) is 33.8 Å². The van der Waals surface area contributed by atoms with Crippen molar-refractivity contribution >= 4 is 12.6 Å². The molecule has 3 nitrogen and oxygen atoms in total. The minimum atomic E-state index is -1.50. The average molecular weight is 262 g/mol. The molecule has 19 heavy (non-hydrogen) atoms. The Morgan fingerprint density at radius 1 is 1.05 bits per heavy atom. The van der Waals surface area contributed by atoms with E-state index in [0.29, 0.717) is 11.2 Å². The predicted molar refractivity (Wildman–Crippen MR) is 78.1 cm³/mol. The van der Waals surface area contributed by atoms with E-state index >= 15 is 0 Å². The van der Waals surface area contributed by atoms with Gasteiger partial charge in [-0.15, -0.1) is 0 Å². The fourth-order valence-electron chi connectivity index (χ4n) is 3.21. The molecule has 0 bridgehead atoms. The zero-order valence-corrected chi connectivity index (χ0v) is 12.4. The van der Waals surface area contributed by atoms with Crippen LogP contribution in [-0.2, 0) is 10.8 Å². The Labute approximate surface area is 115 Å². The van der Waals surface area contributed by atoms with E-state index in [0.717, 1.165) is 18.4 Å². The summed E-state index contributed by atoms with van der Waals surface area (Å²) >= 11 is 0. The smallest absolute Gasteiger partial charge is 0.492 e. The molecule has 0 spiro atoms. The number of fused-ring (bicyclic) bond motifs is 1. The van der Waals surface area contributed by atoms with Crippen molar-refractivity contribution in [2.24, 2.45) is 0 Å². The Morgan fingerprint density at radius 3 is 2.16 bits per heavy atom. The molecular formula is C15H23BO3. The fraction of sp³-hybridized carbons (Fsp3) is 0.600. The van der Waals surface area contributed by atoms with Crippen LogP contribution in [-0.4, -0.2) is 24.3 Å². The maximum Gasteiger partial charge on any atom is 0.492 e. The number of hydrogen-bond acceptors (Lipinski definition) is 3. The fourth-order valence-corrected chi connectivity index (χ4v) is 3.21. The average Bonchev–Trinajstić information content (AvgIpc) is 2.33. The highest BCUT2D eigenvalue weighted by Gasteiger charge is 2.41. The first-order valence-corrected chi connectivity index (χ1v) is 6.79. The third-order valence-corrected chi connectivity index (χ3v) is 4.46. The van der Waals surface area contributed by atoms with Gasteiger partial charge in [0.1, 0.15) is 5.75 Å². The summed E-state index contributed by atoms with van der Waals surface area (Å²) in [5.41, 5.74) is 2.75. The summed E-state index contributed by atoms with van der Waals surface area (Å²) in [5.74, 6) is 0.555. The first kappa shape index (κ1) is 14.4. The maximum absolute atomic E-state index is 9.77. The Bertz CT molecular complexity index is 492. The van der Waals surface area contributed by atoms with Crippen LogP contribution in [0.3, 0.4) is 0 Å². The Balaban J connectivity index is 2.80. The van der Waals surface area contributed by atoms with Crippen LogP contribution in [0.4, 0.5) is 0 Å². The lowest BCUT2D eigenvalue weighted by Gasteiger charge is -2.43. The molecule has 0 saturated heterocycles. The van der Waals surface area contributed by atoms with Gasteiger partial charge in [0.2, 0.25) is 0 Å². The SMILES string of the molecule is COc1ccc2c(c1B(O)O)C(C)(C)CCC2(C)C. The van der Waals surface area contributed by atoms with Crippen LogP contribution in [0.15, 0.2) is 12.1 Å². The molecule has 0 aromatic heterocycles. The molecule has 0 heterocycles. The van der Waals surface area contributed by atoms with E-state index in [4.69, 9.17) is 4.74 Å². The van der Waals surface area contributed by atoms with Crippen LogP contribution in [0.1, 0.15) is 51.7 Å². The van der Waals surface area contributed by atoms with Crippen LogP contribution in [0.25, 0.3) is 0 Å². The second kappa shape index (κ2) is 4.53. The standard InChI is InChI=1S/C15H23BO3/c1-14(2)8-9-15(3,4)12-10(14)6-7-11(19-5)13(12)16(17)18/h6-7,17-18H,8-9H2,1-5H3. The summed E-state index contributed by atoms with van der Waals surface area (Å²) in [5, 5.41) is 19.5. The topological polar surface area (TPSA) is 49.7 Å². The third kappa shape index (κ3) is 2.28. The van der Waals surface area contributed by atoms with E-state index in [9.17, 15) is 10.0 Å². The molecule has 0 aliphatic heterocycles. The highest BCUT2D eigenvalue weighted by atomic mass is 16.5. The van der Waals surface area contributed by atoms with E-state index < -0.39 is 7.12 Å². The molecule has 0 saturated carbocycles. The van der Waals surface area contributed by atoms with Crippen molar-refractivity contribution in [2.45, 2.75) is 51.4 Å². The van der Waals surface area contributed by atoms with Gasteiger partial charge >= 0.3 is 7.12 Å². The summed E-state index contributed by atoms with van der Waals surface area (Å²) in [4.78, 5) is 0. The van der Waals surface area contributed by atoms with Crippen molar-refractivity contribution in [1.82, 2.24) is 0 Å². The molecule has 1 aliphatic carbocycles. The van der Waals surface area contributed by atoms with Gasteiger partial charge in [-0.05, 0) is 40.9 Å². The first-order valence-electron chi connectivity index (χ1n) is 6.79. The third-order valence-electron chi connectivity index (χ3n) is 4.46. The van der Waals surface area contributed by atoms with Crippen molar-refractivity contribution in [3.8, 4) is 5.75 Å². The Morgan fingerprint density at radius 2 is 1.63 bits per heavy atom. The number of rotatable bonds is 2. The van der Waals surface area contributed by atoms with Crippen LogP contribution in [0, 0.1) is 0 Å². The number of benzene rings is 1. The number of methoxy groups -OCH3 is 1. The van der Waals surface area contributed by atoms with Crippen molar-refractivity contribution in [2.75, 3.05) is 7.11 Å². The maximum atomic E-state index is 9.77. The van der Waals surface area contributed by atoms with Crippen LogP contribution < -0.4 is 10.2 Å². The van der Waals surface area contributed by atoms with E-state index in [1.165, 1.54) is 5.56 Å². The minimum absolute atomic E-state index is 0.0563. The van der Waals surface area contributed by atoms with Gasteiger partial charge in [0.05, 0.1) is 7.11 Å². The van der Waals surface area contributed by atoms with Gasteiger partial charge in [-0.2, -0.15) is 0 Å². The molecule has 4 heteroatoms. The number of ether oxygens (including phenoxy) is 1. The molecule has 2 N–H and O–H groups in total. The molecule has 0 amide bonds. The second-order valence-corrected chi connectivity index (χ2v) is 6.75. The first-order chi connectivity index (χ1) is 8.70. The molecule has 1 aliphatic rings. The summed E-state index contributed by atoms with van der Waals surface area (Å²) in [6.45, 7) is 8.74. The summed E-state index contributed by atoms with van der Waals surface area (Å²) in [6.07, 6.45) is 2.13. The summed E-state index contributed by atoms with van der Waals surface area (Å²) in [7, 11) is 0.0623. The Hall–Kier alpha value is -0.995. The van der Waals surface area contributed by atoms with Crippen molar-refractivity contribution in [1.29, 1.82) is 0 Å². The molecular weight excluding hydrogens is 239 g/mol. The molecule has 1 aromatic rings. The van der Waals surface area contributed by atoms with Gasteiger partial charge in [-0.25, -0.2) is 0 Å². The van der Waals surface area contributed by atoms with E-state index in [1.54, 1.807) is 7.11 Å². The zero-order chi connectivity index (χ0) is 14.4. The summed E-state index contributed by atoms with van der Waals surface area (Å²) in [6, 6.07) is 3.91. The normalized spacial score (nSPS) is 19.7. The lowest BCUT2D eigenvalue weighted by atomic mass is 9.58. The van der Waals surface area contributed by atoms with Gasteiger partial charge in [-0.3, -0.25) is 0 Å². The van der Waals surface area contributed by atoms with Gasteiger partial charge in [0.25, 0.3) is 0 Å². The summed E-state index contributed by atoms with van der Waals surface area (Å²) < 4.78 is 5.31. The monoisotopic (exact) mass is 262 g/mol. The molecule has 0 atom stereocenters. The molecule has 2 rings (SSSR count). The van der Waals surface area contributed by atoms with Gasteiger partial charge < -0.3 is 14.8 Å². The van der Waals surface area contributed by atoms with E-state index in [-0.39, 0.29) is 10.8 Å². The molecule has 104 valence electrons. The van der Waals surface area contributed by atoms with Crippen molar-refractivity contribution < 1.29 is 14.8 Å². The van der Waals surface area contributed by atoms with Gasteiger partial charge in [0, 0.05) is 5.46 Å². The van der Waals surface area contributed by atoms with Crippen molar-refractivity contribution in [3.05, 3.63) is 23.3 Å². The largest absolute Gasteiger partial charge is 0.497 e. The lowest BCUT2D eigenvalue weighted by molar-refractivity contribution is 0.328. The Kier molecular flexibility index (Phi) is 3.44. The molecule has 0 radical (unpaired) electrons. The molecule has 1 aromatic carbocycles. The highest BCUT2D eigenvalue weighted by Crippen LogP contribution is 2.45.